The smallest absolute Gasteiger partial charge is 0.242 e. The molecular formula is C26H35N3O6S. The molecule has 1 aliphatic heterocycles. The summed E-state index contributed by atoms with van der Waals surface area (Å²) in [5.41, 5.74) is 1.37. The van der Waals surface area contributed by atoms with Gasteiger partial charge in [0.05, 0.1) is 11.9 Å². The number of rotatable bonds is 13. The lowest BCUT2D eigenvalue weighted by atomic mass is 10.1. The summed E-state index contributed by atoms with van der Waals surface area (Å²) in [4.78, 5) is 27.8. The highest BCUT2D eigenvalue weighted by molar-refractivity contribution is 7.92. The second kappa shape index (κ2) is 12.6. The van der Waals surface area contributed by atoms with Crippen LogP contribution in [-0.2, 0) is 26.2 Å². The Morgan fingerprint density at radius 3 is 2.44 bits per heavy atom. The van der Waals surface area contributed by atoms with Crippen LogP contribution in [0.25, 0.3) is 0 Å². The van der Waals surface area contributed by atoms with Crippen molar-refractivity contribution in [2.24, 2.45) is 0 Å². The highest BCUT2D eigenvalue weighted by Gasteiger charge is 2.29. The second-order valence-electron chi connectivity index (χ2n) is 8.70. The fourth-order valence-corrected chi connectivity index (χ4v) is 5.07. The number of nitrogens with zero attached hydrogens (tertiary/aromatic N) is 2. The normalized spacial score (nSPS) is 13.2. The predicted molar refractivity (Wildman–Crippen MR) is 138 cm³/mol. The number of fused-ring (bicyclic) bond motifs is 1. The van der Waals surface area contributed by atoms with Crippen molar-refractivity contribution in [2.75, 3.05) is 30.4 Å². The van der Waals surface area contributed by atoms with E-state index in [1.807, 2.05) is 44.2 Å². The van der Waals surface area contributed by atoms with Gasteiger partial charge in [-0.15, -0.1) is 0 Å². The Bertz CT molecular complexity index is 1140. The number of ether oxygens (including phenoxy) is 2. The van der Waals surface area contributed by atoms with Gasteiger partial charge in [0.15, 0.2) is 11.5 Å². The van der Waals surface area contributed by atoms with Gasteiger partial charge in [-0.3, -0.25) is 13.9 Å². The lowest BCUT2D eigenvalue weighted by Crippen LogP contribution is -2.49. The van der Waals surface area contributed by atoms with Gasteiger partial charge in [-0.05, 0) is 37.0 Å². The summed E-state index contributed by atoms with van der Waals surface area (Å²) in [7, 11) is -3.60. The van der Waals surface area contributed by atoms with Gasteiger partial charge in [-0.25, -0.2) is 8.42 Å². The Kier molecular flexibility index (Phi) is 9.58. The summed E-state index contributed by atoms with van der Waals surface area (Å²) >= 11 is 0. The number of carbonyl (C=O) groups excluding carboxylic acids is 2. The molecule has 0 unspecified atom stereocenters. The summed E-state index contributed by atoms with van der Waals surface area (Å²) in [6.45, 7) is 4.90. The summed E-state index contributed by atoms with van der Waals surface area (Å²) in [5.74, 6) is 0.666. The summed E-state index contributed by atoms with van der Waals surface area (Å²) in [6, 6.07) is 13.9. The Hall–Kier alpha value is -3.27. The lowest BCUT2D eigenvalue weighted by molar-refractivity contribution is -0.141. The molecule has 2 aromatic carbocycles. The Morgan fingerprint density at radius 1 is 1.06 bits per heavy atom. The molecule has 2 aromatic rings. The molecule has 0 saturated carbocycles. The van der Waals surface area contributed by atoms with E-state index in [0.29, 0.717) is 43.1 Å². The first-order valence-electron chi connectivity index (χ1n) is 12.2. The molecule has 0 bridgehead atoms. The molecule has 1 atom stereocenters. The maximum Gasteiger partial charge on any atom is 0.242 e. The summed E-state index contributed by atoms with van der Waals surface area (Å²) < 4.78 is 37.0. The van der Waals surface area contributed by atoms with Gasteiger partial charge in [0.1, 0.15) is 6.04 Å². The van der Waals surface area contributed by atoms with Gasteiger partial charge in [0.25, 0.3) is 0 Å². The molecule has 10 heteroatoms. The molecular weight excluding hydrogens is 482 g/mol. The summed E-state index contributed by atoms with van der Waals surface area (Å²) in [6.07, 6.45) is 2.79. The minimum absolute atomic E-state index is 0.0911. The first-order valence-corrected chi connectivity index (χ1v) is 14.1. The van der Waals surface area contributed by atoms with Crippen molar-refractivity contribution >= 4 is 27.5 Å². The van der Waals surface area contributed by atoms with Crippen molar-refractivity contribution in [1.82, 2.24) is 10.2 Å². The van der Waals surface area contributed by atoms with Crippen LogP contribution in [0, 0.1) is 0 Å². The number of hydrogen-bond donors (Lipinski definition) is 1. The van der Waals surface area contributed by atoms with Crippen molar-refractivity contribution in [3.05, 3.63) is 54.1 Å². The van der Waals surface area contributed by atoms with Crippen molar-refractivity contribution in [3.63, 3.8) is 0 Å². The van der Waals surface area contributed by atoms with Crippen LogP contribution in [0.3, 0.4) is 0 Å². The minimum atomic E-state index is -3.60. The molecule has 196 valence electrons. The minimum Gasteiger partial charge on any atom is -0.454 e. The topological polar surface area (TPSA) is 105 Å². The van der Waals surface area contributed by atoms with E-state index in [-0.39, 0.29) is 31.6 Å². The third kappa shape index (κ3) is 7.13. The van der Waals surface area contributed by atoms with Gasteiger partial charge in [0, 0.05) is 32.1 Å². The predicted octanol–water partition coefficient (Wildman–Crippen LogP) is 3.30. The van der Waals surface area contributed by atoms with E-state index in [0.717, 1.165) is 18.2 Å². The van der Waals surface area contributed by atoms with E-state index in [9.17, 15) is 18.0 Å². The molecule has 0 aromatic heterocycles. The van der Waals surface area contributed by atoms with E-state index in [4.69, 9.17) is 9.47 Å². The zero-order chi connectivity index (χ0) is 26.1. The second-order valence-corrected chi connectivity index (χ2v) is 10.6. The maximum atomic E-state index is 13.4. The highest BCUT2D eigenvalue weighted by atomic mass is 32.2. The molecule has 9 nitrogen and oxygen atoms in total. The van der Waals surface area contributed by atoms with Gasteiger partial charge >= 0.3 is 0 Å². The quantitative estimate of drug-likeness (QED) is 0.437. The highest BCUT2D eigenvalue weighted by Crippen LogP contribution is 2.36. The third-order valence-electron chi connectivity index (χ3n) is 5.93. The average Bonchev–Trinajstić information content (AvgIpc) is 3.33. The van der Waals surface area contributed by atoms with Gasteiger partial charge in [-0.2, -0.15) is 0 Å². The van der Waals surface area contributed by atoms with E-state index in [2.05, 4.69) is 5.32 Å². The number of carbonyl (C=O) groups is 2. The molecule has 0 saturated heterocycles. The molecule has 0 fully saturated rings. The van der Waals surface area contributed by atoms with E-state index in [1.54, 1.807) is 23.1 Å². The van der Waals surface area contributed by atoms with E-state index >= 15 is 0 Å². The molecule has 1 aliphatic rings. The number of amides is 2. The Labute approximate surface area is 213 Å². The van der Waals surface area contributed by atoms with Crippen LogP contribution in [0.2, 0.25) is 0 Å². The van der Waals surface area contributed by atoms with Crippen LogP contribution in [0.5, 0.6) is 11.5 Å². The van der Waals surface area contributed by atoms with Crippen LogP contribution in [0.1, 0.15) is 45.1 Å². The number of benzene rings is 2. The van der Waals surface area contributed by atoms with Gasteiger partial charge in [0.2, 0.25) is 28.6 Å². The first kappa shape index (κ1) is 27.3. The monoisotopic (exact) mass is 517 g/mol. The number of hydrogen-bond acceptors (Lipinski definition) is 6. The fraction of sp³-hybridized carbons (Fsp3) is 0.462. The SMILES string of the molecule is CCCNC(=O)[C@@H](CC)N(Cc1ccccc1)C(=O)CCCN(c1ccc2c(c1)OCO2)S(C)(=O)=O. The fourth-order valence-electron chi connectivity index (χ4n) is 4.11. The average molecular weight is 518 g/mol. The molecule has 3 rings (SSSR count). The molecule has 0 aliphatic carbocycles. The number of anilines is 1. The molecule has 1 heterocycles. The summed E-state index contributed by atoms with van der Waals surface area (Å²) in [5, 5.41) is 2.90. The molecule has 1 N–H and O–H groups in total. The standard InChI is InChI=1S/C26H35N3O6S/c1-4-15-27-26(31)22(5-2)28(18-20-10-7-6-8-11-20)25(30)12-9-16-29(36(3,32)33)21-13-14-23-24(17-21)35-19-34-23/h6-8,10-11,13-14,17,22H,4-5,9,12,15-16,18-19H2,1-3H3,(H,27,31)/t22-/m1/s1. The molecule has 36 heavy (non-hydrogen) atoms. The lowest BCUT2D eigenvalue weighted by Gasteiger charge is -2.31. The molecule has 2 amide bonds. The van der Waals surface area contributed by atoms with Crippen molar-refractivity contribution in [1.29, 1.82) is 0 Å². The van der Waals surface area contributed by atoms with Crippen molar-refractivity contribution < 1.29 is 27.5 Å². The number of nitrogens with one attached hydrogen (secondary N) is 1. The largest absolute Gasteiger partial charge is 0.454 e. The molecule has 0 spiro atoms. The first-order chi connectivity index (χ1) is 17.2. The maximum absolute atomic E-state index is 13.4. The zero-order valence-corrected chi connectivity index (χ0v) is 21.9. The Balaban J connectivity index is 1.73. The van der Waals surface area contributed by atoms with Crippen molar-refractivity contribution in [3.8, 4) is 11.5 Å². The third-order valence-corrected chi connectivity index (χ3v) is 7.12. The van der Waals surface area contributed by atoms with Crippen LogP contribution >= 0.6 is 0 Å². The van der Waals surface area contributed by atoms with Crippen LogP contribution in [0.15, 0.2) is 48.5 Å². The zero-order valence-electron chi connectivity index (χ0n) is 21.1. The molecule has 0 radical (unpaired) electrons. The number of sulfonamides is 1. The van der Waals surface area contributed by atoms with Crippen molar-refractivity contribution in [2.45, 2.75) is 52.1 Å². The van der Waals surface area contributed by atoms with E-state index < -0.39 is 16.1 Å². The van der Waals surface area contributed by atoms with Crippen LogP contribution < -0.4 is 19.1 Å². The van der Waals surface area contributed by atoms with E-state index in [1.165, 1.54) is 4.31 Å². The van der Waals surface area contributed by atoms with Gasteiger partial charge < -0.3 is 19.7 Å². The Morgan fingerprint density at radius 2 is 1.78 bits per heavy atom. The van der Waals surface area contributed by atoms with Gasteiger partial charge in [-0.1, -0.05) is 44.2 Å². The van der Waals surface area contributed by atoms with Crippen LogP contribution in [0.4, 0.5) is 5.69 Å². The van der Waals surface area contributed by atoms with Crippen LogP contribution in [-0.4, -0.2) is 57.3 Å².